The summed E-state index contributed by atoms with van der Waals surface area (Å²) in [7, 11) is 1.49. The number of ether oxygens (including phenoxy) is 1. The fraction of sp³-hybridized carbons (Fsp3) is 0.231. The first-order valence-corrected chi connectivity index (χ1v) is 5.15. The van der Waals surface area contributed by atoms with E-state index >= 15 is 0 Å². The van der Waals surface area contributed by atoms with Crippen LogP contribution in [-0.4, -0.2) is 18.8 Å². The fourth-order valence-electron chi connectivity index (χ4n) is 1.85. The van der Waals surface area contributed by atoms with Gasteiger partial charge in [0.15, 0.2) is 0 Å². The van der Waals surface area contributed by atoms with Crippen molar-refractivity contribution in [2.75, 3.05) is 13.7 Å². The van der Waals surface area contributed by atoms with Crippen LogP contribution in [0.2, 0.25) is 0 Å². The highest BCUT2D eigenvalue weighted by Gasteiger charge is 2.32. The normalized spacial score (nSPS) is 11.8. The van der Waals surface area contributed by atoms with E-state index in [0.29, 0.717) is 16.5 Å². The highest BCUT2D eigenvalue weighted by atomic mass is 19.3. The lowest BCUT2D eigenvalue weighted by molar-refractivity contribution is -0.0543. The lowest BCUT2D eigenvalue weighted by atomic mass is 9.99. The van der Waals surface area contributed by atoms with E-state index in [9.17, 15) is 8.78 Å². The molecule has 0 bridgehead atoms. The second-order valence-electron chi connectivity index (χ2n) is 3.72. The zero-order valence-corrected chi connectivity index (χ0v) is 9.28. The Hall–Kier alpha value is -1.68. The summed E-state index contributed by atoms with van der Waals surface area (Å²) in [4.78, 5) is 0. The lowest BCUT2D eigenvalue weighted by Crippen LogP contribution is -2.18. The molecule has 0 spiro atoms. The minimum Gasteiger partial charge on any atom is -0.496 e. The van der Waals surface area contributed by atoms with Gasteiger partial charge in [-0.1, -0.05) is 24.3 Å². The van der Waals surface area contributed by atoms with Crippen LogP contribution in [0.3, 0.4) is 0 Å². The molecule has 90 valence electrons. The molecular formula is C13H12F2O2. The fourth-order valence-corrected chi connectivity index (χ4v) is 1.85. The van der Waals surface area contributed by atoms with E-state index in [1.807, 2.05) is 0 Å². The minimum absolute atomic E-state index is 0.184. The quantitative estimate of drug-likeness (QED) is 0.890. The number of fused-ring (bicyclic) bond motifs is 1. The van der Waals surface area contributed by atoms with E-state index in [4.69, 9.17) is 9.84 Å². The monoisotopic (exact) mass is 238 g/mol. The predicted octanol–water partition coefficient (Wildman–Crippen LogP) is 2.93. The van der Waals surface area contributed by atoms with Gasteiger partial charge in [0.05, 0.1) is 7.11 Å². The first-order chi connectivity index (χ1) is 8.10. The van der Waals surface area contributed by atoms with Gasteiger partial charge in [0.25, 0.3) is 5.92 Å². The number of alkyl halides is 2. The van der Waals surface area contributed by atoms with Gasteiger partial charge in [-0.3, -0.25) is 0 Å². The molecule has 2 nitrogen and oxygen atoms in total. The number of aliphatic hydroxyl groups excluding tert-OH is 1. The van der Waals surface area contributed by atoms with Crippen molar-refractivity contribution in [3.63, 3.8) is 0 Å². The summed E-state index contributed by atoms with van der Waals surface area (Å²) in [6.07, 6.45) is 0. The third-order valence-corrected chi connectivity index (χ3v) is 2.70. The number of halogens is 2. The van der Waals surface area contributed by atoms with Crippen LogP contribution in [0.4, 0.5) is 8.78 Å². The van der Waals surface area contributed by atoms with E-state index in [1.54, 1.807) is 24.3 Å². The average Bonchev–Trinajstić information content (AvgIpc) is 2.37. The third-order valence-electron chi connectivity index (χ3n) is 2.70. The maximum atomic E-state index is 13.6. The van der Waals surface area contributed by atoms with E-state index in [-0.39, 0.29) is 5.56 Å². The molecule has 0 amide bonds. The van der Waals surface area contributed by atoms with Crippen LogP contribution in [0.15, 0.2) is 36.4 Å². The van der Waals surface area contributed by atoms with Crippen LogP contribution >= 0.6 is 0 Å². The summed E-state index contributed by atoms with van der Waals surface area (Å²) >= 11 is 0. The van der Waals surface area contributed by atoms with Gasteiger partial charge in [-0.2, -0.15) is 8.78 Å². The number of hydrogen-bond acceptors (Lipinski definition) is 2. The Morgan fingerprint density at radius 1 is 1.12 bits per heavy atom. The van der Waals surface area contributed by atoms with Crippen molar-refractivity contribution in [3.05, 3.63) is 42.0 Å². The maximum Gasteiger partial charge on any atom is 0.296 e. The highest BCUT2D eigenvalue weighted by Crippen LogP contribution is 2.36. The van der Waals surface area contributed by atoms with Gasteiger partial charge < -0.3 is 9.84 Å². The van der Waals surface area contributed by atoms with E-state index in [2.05, 4.69) is 0 Å². The third kappa shape index (κ3) is 1.96. The molecule has 0 saturated heterocycles. The lowest BCUT2D eigenvalue weighted by Gasteiger charge is -2.17. The molecule has 2 rings (SSSR count). The topological polar surface area (TPSA) is 29.5 Å². The van der Waals surface area contributed by atoms with Crippen LogP contribution in [0.5, 0.6) is 5.75 Å². The smallest absolute Gasteiger partial charge is 0.296 e. The van der Waals surface area contributed by atoms with Gasteiger partial charge in [0.2, 0.25) is 0 Å². The van der Waals surface area contributed by atoms with Gasteiger partial charge in [-0.05, 0) is 17.5 Å². The Balaban J connectivity index is 2.75. The second-order valence-corrected chi connectivity index (χ2v) is 3.72. The van der Waals surface area contributed by atoms with Crippen LogP contribution < -0.4 is 4.74 Å². The van der Waals surface area contributed by atoms with Gasteiger partial charge in [0.1, 0.15) is 12.4 Å². The van der Waals surface area contributed by atoms with Crippen molar-refractivity contribution in [2.45, 2.75) is 5.92 Å². The Labute approximate surface area is 97.4 Å². The summed E-state index contributed by atoms with van der Waals surface area (Å²) in [6, 6.07) is 9.52. The van der Waals surface area contributed by atoms with E-state index < -0.39 is 12.5 Å². The van der Waals surface area contributed by atoms with Crippen molar-refractivity contribution < 1.29 is 18.6 Å². The summed E-state index contributed by atoms with van der Waals surface area (Å²) in [5.41, 5.74) is -0.184. The standard InChI is InChI=1S/C13H12F2O2/c1-17-12-7-6-11(13(14,15)8-16)9-4-2-3-5-10(9)12/h2-7,16H,8H2,1H3. The van der Waals surface area contributed by atoms with Crippen LogP contribution in [0.25, 0.3) is 10.8 Å². The minimum atomic E-state index is -3.24. The van der Waals surface area contributed by atoms with Crippen LogP contribution in [0, 0.1) is 0 Å². The van der Waals surface area contributed by atoms with Gasteiger partial charge >= 0.3 is 0 Å². The SMILES string of the molecule is COc1ccc(C(F)(F)CO)c2ccccc12. The summed E-state index contributed by atoms with van der Waals surface area (Å²) in [6.45, 7) is -1.21. The first kappa shape index (κ1) is 11.8. The van der Waals surface area contributed by atoms with Crippen molar-refractivity contribution in [1.82, 2.24) is 0 Å². The zero-order valence-electron chi connectivity index (χ0n) is 9.28. The van der Waals surface area contributed by atoms with Crippen LogP contribution in [-0.2, 0) is 5.92 Å². The van der Waals surface area contributed by atoms with Gasteiger partial charge in [0, 0.05) is 10.9 Å². The molecular weight excluding hydrogens is 226 g/mol. The Morgan fingerprint density at radius 2 is 1.76 bits per heavy atom. The number of aliphatic hydroxyl groups is 1. The Bertz CT molecular complexity index is 538. The molecule has 0 aliphatic carbocycles. The van der Waals surface area contributed by atoms with Crippen LogP contribution in [0.1, 0.15) is 5.56 Å². The van der Waals surface area contributed by atoms with Gasteiger partial charge in [-0.25, -0.2) is 0 Å². The van der Waals surface area contributed by atoms with Crippen molar-refractivity contribution in [3.8, 4) is 5.75 Å². The molecule has 0 atom stereocenters. The molecule has 0 heterocycles. The summed E-state index contributed by atoms with van der Waals surface area (Å²) in [5.74, 6) is -2.70. The number of benzene rings is 2. The van der Waals surface area contributed by atoms with Gasteiger partial charge in [-0.15, -0.1) is 0 Å². The van der Waals surface area contributed by atoms with E-state index in [1.165, 1.54) is 19.2 Å². The maximum absolute atomic E-state index is 13.6. The molecule has 0 aliphatic heterocycles. The first-order valence-electron chi connectivity index (χ1n) is 5.15. The van der Waals surface area contributed by atoms with E-state index in [0.717, 1.165) is 0 Å². The molecule has 0 fully saturated rings. The number of hydrogen-bond donors (Lipinski definition) is 1. The Morgan fingerprint density at radius 3 is 2.35 bits per heavy atom. The molecule has 17 heavy (non-hydrogen) atoms. The summed E-state index contributed by atoms with van der Waals surface area (Å²) in [5, 5.41) is 9.76. The molecule has 0 saturated carbocycles. The molecule has 1 N–H and O–H groups in total. The predicted molar refractivity (Wildman–Crippen MR) is 61.5 cm³/mol. The Kier molecular flexibility index (Phi) is 2.98. The molecule has 2 aromatic carbocycles. The van der Waals surface area contributed by atoms with Crippen molar-refractivity contribution >= 4 is 10.8 Å². The highest BCUT2D eigenvalue weighted by molar-refractivity contribution is 5.91. The average molecular weight is 238 g/mol. The number of rotatable bonds is 3. The molecule has 0 aromatic heterocycles. The molecule has 2 aromatic rings. The second kappa shape index (κ2) is 4.30. The molecule has 4 heteroatoms. The van der Waals surface area contributed by atoms with Crippen molar-refractivity contribution in [1.29, 1.82) is 0 Å². The molecule has 0 aliphatic rings. The summed E-state index contributed by atoms with van der Waals surface area (Å²) < 4.78 is 32.2. The molecule has 0 unspecified atom stereocenters. The largest absolute Gasteiger partial charge is 0.496 e. The number of methoxy groups -OCH3 is 1. The zero-order chi connectivity index (χ0) is 12.5. The molecule has 0 radical (unpaired) electrons. The van der Waals surface area contributed by atoms with Crippen molar-refractivity contribution in [2.24, 2.45) is 0 Å².